The number of nitrogens with zero attached hydrogens (tertiary/aromatic N) is 2. The van der Waals surface area contributed by atoms with E-state index in [1.54, 1.807) is 42.7 Å². The van der Waals surface area contributed by atoms with E-state index in [2.05, 4.69) is 15.6 Å². The van der Waals surface area contributed by atoms with Crippen LogP contribution in [0, 0.1) is 6.92 Å². The van der Waals surface area contributed by atoms with E-state index in [9.17, 15) is 13.6 Å². The number of aryl methyl sites for hydroxylation is 1. The van der Waals surface area contributed by atoms with E-state index < -0.39 is 11.3 Å². The SMILES string of the molecule is Cc1ccc(C(=O)NCc2cccnc2)cc1N(c1ccc2c(c1)CCN2)S(=O)[O-]. The normalized spacial score (nSPS) is 13.3. The Morgan fingerprint density at radius 3 is 2.90 bits per heavy atom. The van der Waals surface area contributed by atoms with E-state index in [4.69, 9.17) is 0 Å². The van der Waals surface area contributed by atoms with Crippen LogP contribution >= 0.6 is 0 Å². The molecule has 1 aromatic heterocycles. The van der Waals surface area contributed by atoms with Crippen LogP contribution < -0.4 is 14.9 Å². The van der Waals surface area contributed by atoms with Crippen molar-refractivity contribution in [1.82, 2.24) is 10.3 Å². The van der Waals surface area contributed by atoms with Crippen LogP contribution in [0.5, 0.6) is 0 Å². The first-order valence-electron chi connectivity index (χ1n) is 9.57. The standard InChI is InChI=1S/C22H22N4O3S/c1-15-4-5-18(22(27)25-14-16-3-2-9-23-13-16)12-21(15)26(30(28)29)19-6-7-20-17(11-19)8-10-24-20/h2-7,9,11-13,24H,8,10,14H2,1H3,(H,25,27)(H,28,29)/p-1. The van der Waals surface area contributed by atoms with Crippen molar-refractivity contribution in [2.24, 2.45) is 0 Å². The monoisotopic (exact) mass is 421 g/mol. The highest BCUT2D eigenvalue weighted by Gasteiger charge is 2.18. The van der Waals surface area contributed by atoms with Gasteiger partial charge in [-0.15, -0.1) is 0 Å². The summed E-state index contributed by atoms with van der Waals surface area (Å²) in [6.45, 7) is 3.00. The third-order valence-electron chi connectivity index (χ3n) is 5.05. The third-order valence-corrected chi connectivity index (χ3v) is 5.75. The van der Waals surface area contributed by atoms with E-state index in [0.29, 0.717) is 23.5 Å². The van der Waals surface area contributed by atoms with Crippen molar-refractivity contribution in [2.45, 2.75) is 19.9 Å². The number of benzene rings is 2. The molecule has 1 aliphatic heterocycles. The Morgan fingerprint density at radius 2 is 2.13 bits per heavy atom. The molecule has 0 radical (unpaired) electrons. The molecule has 0 saturated carbocycles. The van der Waals surface area contributed by atoms with E-state index in [1.807, 2.05) is 25.1 Å². The molecule has 7 nitrogen and oxygen atoms in total. The van der Waals surface area contributed by atoms with Crippen molar-refractivity contribution >= 4 is 34.2 Å². The van der Waals surface area contributed by atoms with E-state index in [0.717, 1.165) is 35.3 Å². The number of carbonyl (C=O) groups is 1. The van der Waals surface area contributed by atoms with Crippen molar-refractivity contribution in [3.05, 3.63) is 83.2 Å². The number of pyridine rings is 1. The molecule has 4 rings (SSSR count). The quantitative estimate of drug-likeness (QED) is 0.596. The van der Waals surface area contributed by atoms with Crippen LogP contribution in [-0.4, -0.2) is 26.2 Å². The largest absolute Gasteiger partial charge is 0.755 e. The summed E-state index contributed by atoms with van der Waals surface area (Å²) in [7, 11) is 0. The molecule has 1 unspecified atom stereocenters. The average molecular weight is 422 g/mol. The van der Waals surface area contributed by atoms with Crippen molar-refractivity contribution < 1.29 is 13.6 Å². The summed E-state index contributed by atoms with van der Waals surface area (Å²) in [5.41, 5.74) is 5.11. The van der Waals surface area contributed by atoms with Gasteiger partial charge in [0.05, 0.1) is 22.6 Å². The van der Waals surface area contributed by atoms with Crippen molar-refractivity contribution in [3.63, 3.8) is 0 Å². The lowest BCUT2D eigenvalue weighted by molar-refractivity contribution is 0.0951. The zero-order valence-electron chi connectivity index (χ0n) is 16.4. The summed E-state index contributed by atoms with van der Waals surface area (Å²) in [6, 6.07) is 14.3. The van der Waals surface area contributed by atoms with Crippen LogP contribution in [0.25, 0.3) is 0 Å². The molecule has 2 N–H and O–H groups in total. The summed E-state index contributed by atoms with van der Waals surface area (Å²) in [6.07, 6.45) is 4.20. The number of hydrogen-bond donors (Lipinski definition) is 2. The van der Waals surface area contributed by atoms with Crippen LogP contribution in [0.2, 0.25) is 0 Å². The Kier molecular flexibility index (Phi) is 5.78. The topological polar surface area (TPSA) is 97.4 Å². The fourth-order valence-corrected chi connectivity index (χ4v) is 4.12. The molecule has 2 aromatic carbocycles. The summed E-state index contributed by atoms with van der Waals surface area (Å²) >= 11 is -2.54. The van der Waals surface area contributed by atoms with Gasteiger partial charge in [-0.3, -0.25) is 18.3 Å². The predicted molar refractivity (Wildman–Crippen MR) is 116 cm³/mol. The van der Waals surface area contributed by atoms with Gasteiger partial charge in [0.15, 0.2) is 0 Å². The second kappa shape index (κ2) is 8.64. The van der Waals surface area contributed by atoms with E-state index in [-0.39, 0.29) is 5.91 Å². The fraction of sp³-hybridized carbons (Fsp3) is 0.182. The summed E-state index contributed by atoms with van der Waals surface area (Å²) in [4.78, 5) is 16.7. The minimum atomic E-state index is -2.54. The van der Waals surface area contributed by atoms with Gasteiger partial charge in [0.1, 0.15) is 0 Å². The molecule has 3 aromatic rings. The molecule has 0 saturated heterocycles. The van der Waals surface area contributed by atoms with Gasteiger partial charge in [-0.2, -0.15) is 0 Å². The van der Waals surface area contributed by atoms with Crippen LogP contribution in [-0.2, 0) is 24.2 Å². The molecule has 1 aliphatic rings. The molecule has 0 fully saturated rings. The maximum Gasteiger partial charge on any atom is 0.251 e. The lowest BCUT2D eigenvalue weighted by Crippen LogP contribution is -2.24. The summed E-state index contributed by atoms with van der Waals surface area (Å²) < 4.78 is 25.5. The van der Waals surface area contributed by atoms with Gasteiger partial charge in [-0.25, -0.2) is 0 Å². The molecule has 0 bridgehead atoms. The highest BCUT2D eigenvalue weighted by atomic mass is 32.2. The van der Waals surface area contributed by atoms with E-state index in [1.165, 1.54) is 4.31 Å². The average Bonchev–Trinajstić information content (AvgIpc) is 3.22. The number of anilines is 3. The van der Waals surface area contributed by atoms with Crippen molar-refractivity contribution in [2.75, 3.05) is 16.2 Å². The molecule has 2 heterocycles. The first-order valence-corrected chi connectivity index (χ1v) is 10.6. The van der Waals surface area contributed by atoms with Gasteiger partial charge < -0.3 is 15.2 Å². The zero-order chi connectivity index (χ0) is 21.1. The molecule has 0 aliphatic carbocycles. The van der Waals surface area contributed by atoms with Crippen LogP contribution in [0.15, 0.2) is 60.9 Å². The van der Waals surface area contributed by atoms with Gasteiger partial charge in [0, 0.05) is 36.7 Å². The Balaban J connectivity index is 1.62. The Morgan fingerprint density at radius 1 is 1.27 bits per heavy atom. The summed E-state index contributed by atoms with van der Waals surface area (Å²) in [5.74, 6) is -0.283. The minimum Gasteiger partial charge on any atom is -0.755 e. The maximum atomic E-state index is 12.7. The molecule has 8 heteroatoms. The number of nitrogens with one attached hydrogen (secondary N) is 2. The number of hydrogen-bond acceptors (Lipinski definition) is 5. The second-order valence-corrected chi connectivity index (χ2v) is 7.87. The Labute approximate surface area is 177 Å². The number of fused-ring (bicyclic) bond motifs is 1. The molecular weight excluding hydrogens is 400 g/mol. The van der Waals surface area contributed by atoms with Crippen LogP contribution in [0.3, 0.4) is 0 Å². The lowest BCUT2D eigenvalue weighted by Gasteiger charge is -2.28. The zero-order valence-corrected chi connectivity index (χ0v) is 17.2. The van der Waals surface area contributed by atoms with E-state index >= 15 is 0 Å². The molecular formula is C22H21N4O3S-. The minimum absolute atomic E-state index is 0.283. The van der Waals surface area contributed by atoms with Gasteiger partial charge in [0.25, 0.3) is 5.91 Å². The number of aromatic nitrogens is 1. The first kappa shape index (κ1) is 20.1. The predicted octanol–water partition coefficient (Wildman–Crippen LogP) is 3.22. The highest BCUT2D eigenvalue weighted by Crippen LogP contribution is 2.34. The van der Waals surface area contributed by atoms with Crippen LogP contribution in [0.4, 0.5) is 17.1 Å². The van der Waals surface area contributed by atoms with Gasteiger partial charge >= 0.3 is 0 Å². The van der Waals surface area contributed by atoms with Crippen molar-refractivity contribution in [3.8, 4) is 0 Å². The molecule has 1 atom stereocenters. The second-order valence-electron chi connectivity index (χ2n) is 7.07. The summed E-state index contributed by atoms with van der Waals surface area (Å²) in [5, 5.41) is 6.11. The Hall–Kier alpha value is -3.23. The molecule has 30 heavy (non-hydrogen) atoms. The maximum absolute atomic E-state index is 12.7. The smallest absolute Gasteiger partial charge is 0.251 e. The first-order chi connectivity index (χ1) is 14.5. The van der Waals surface area contributed by atoms with Gasteiger partial charge in [-0.05, 0) is 66.4 Å². The number of amides is 1. The Bertz CT molecular complexity index is 1100. The molecule has 0 spiro atoms. The van der Waals surface area contributed by atoms with Gasteiger partial charge in [0.2, 0.25) is 0 Å². The molecule has 154 valence electrons. The fourth-order valence-electron chi connectivity index (χ4n) is 3.48. The third kappa shape index (κ3) is 4.19. The van der Waals surface area contributed by atoms with Gasteiger partial charge in [-0.1, -0.05) is 12.1 Å². The number of carbonyl (C=O) groups excluding carboxylic acids is 1. The molecule has 1 amide bonds. The number of rotatable bonds is 6. The highest BCUT2D eigenvalue weighted by molar-refractivity contribution is 7.81. The van der Waals surface area contributed by atoms with Crippen LogP contribution in [0.1, 0.15) is 27.0 Å². The van der Waals surface area contributed by atoms with Crippen molar-refractivity contribution in [1.29, 1.82) is 0 Å². The lowest BCUT2D eigenvalue weighted by atomic mass is 10.1.